The van der Waals surface area contributed by atoms with Crippen LogP contribution < -0.4 is 16.2 Å². The number of nitrogens with one attached hydrogen (secondary N) is 2. The average Bonchev–Trinajstić information content (AvgIpc) is 2.74. The van der Waals surface area contributed by atoms with Crippen molar-refractivity contribution in [3.63, 3.8) is 0 Å². The van der Waals surface area contributed by atoms with Crippen LogP contribution in [0.1, 0.15) is 71.6 Å². The van der Waals surface area contributed by atoms with Crippen LogP contribution >= 0.6 is 0 Å². The zero-order valence-electron chi connectivity index (χ0n) is 20.8. The van der Waals surface area contributed by atoms with Crippen LogP contribution in [0.3, 0.4) is 0 Å². The molecule has 1 aromatic carbocycles. The monoisotopic (exact) mass is 461 g/mol. The Bertz CT molecular complexity index is 1160. The number of aromatic nitrogens is 1. The smallest absolute Gasteiger partial charge is 0.258 e. The van der Waals surface area contributed by atoms with E-state index in [1.54, 1.807) is 0 Å². The molecule has 7 rings (SSSR count). The number of fused-ring (bicyclic) bond motifs is 1. The van der Waals surface area contributed by atoms with Crippen LogP contribution in [0, 0.1) is 28.1 Å². The molecule has 0 radical (unpaired) electrons. The molecule has 2 atom stereocenters. The van der Waals surface area contributed by atoms with Gasteiger partial charge in [0.05, 0.1) is 0 Å². The van der Waals surface area contributed by atoms with Crippen LogP contribution in [0.4, 0.5) is 5.69 Å². The van der Waals surface area contributed by atoms with E-state index >= 15 is 0 Å². The van der Waals surface area contributed by atoms with E-state index in [2.05, 4.69) is 24.5 Å². The number of carbonyl (C=O) groups excluding carboxylic acids is 1. The van der Waals surface area contributed by atoms with Gasteiger partial charge in [-0.15, -0.1) is 0 Å². The third-order valence-corrected chi connectivity index (χ3v) is 9.48. The lowest BCUT2D eigenvalue weighted by atomic mass is 9.40. The minimum absolute atomic E-state index is 0.0501. The molecular formula is C29H39N3O2. The number of amides is 1. The van der Waals surface area contributed by atoms with Crippen molar-refractivity contribution < 1.29 is 4.79 Å². The highest BCUT2D eigenvalue weighted by Crippen LogP contribution is 2.70. The first-order valence-electron chi connectivity index (χ1n) is 13.4. The maximum absolute atomic E-state index is 13.4. The van der Waals surface area contributed by atoms with Gasteiger partial charge in [-0.1, -0.05) is 19.9 Å². The Kier molecular flexibility index (Phi) is 5.22. The van der Waals surface area contributed by atoms with Crippen LogP contribution in [-0.2, 0) is 11.3 Å². The summed E-state index contributed by atoms with van der Waals surface area (Å²) in [6.45, 7) is 7.76. The molecular weight excluding hydrogens is 422 g/mol. The summed E-state index contributed by atoms with van der Waals surface area (Å²) in [5.41, 5.74) is 1.80. The van der Waals surface area contributed by atoms with Gasteiger partial charge in [0.15, 0.2) is 0 Å². The normalized spacial score (nSPS) is 35.1. The Balaban J connectivity index is 1.21. The molecule has 2 heterocycles. The minimum Gasteiger partial charge on any atom is -0.325 e. The fourth-order valence-corrected chi connectivity index (χ4v) is 9.33. The van der Waals surface area contributed by atoms with Gasteiger partial charge in [-0.2, -0.15) is 0 Å². The van der Waals surface area contributed by atoms with Crippen LogP contribution in [0.5, 0.6) is 0 Å². The maximum Gasteiger partial charge on any atom is 0.258 e. The van der Waals surface area contributed by atoms with Crippen molar-refractivity contribution in [3.8, 4) is 0 Å². The lowest BCUT2D eigenvalue weighted by Gasteiger charge is -2.65. The molecule has 5 heteroatoms. The van der Waals surface area contributed by atoms with Crippen LogP contribution in [0.2, 0.25) is 0 Å². The molecule has 1 amide bonds. The van der Waals surface area contributed by atoms with E-state index in [-0.39, 0.29) is 16.9 Å². The molecule has 5 fully saturated rings. The van der Waals surface area contributed by atoms with Gasteiger partial charge in [0.2, 0.25) is 5.91 Å². The zero-order valence-corrected chi connectivity index (χ0v) is 20.8. The standard InChI is InChI=1S/C29H39N3O2/c1-27-12-21-13-28(2,17-27)19-29(14-21,18-27)15-25(33)31-24-5-3-4-23-22(24)8-11-32(26(23)34)16-20-6-9-30-10-7-20/h3-5,8,11,20-21,30H,6-7,9-10,12-19H2,1-2H3,(H,31,33). The largest absolute Gasteiger partial charge is 0.325 e. The second-order valence-corrected chi connectivity index (χ2v) is 13.1. The van der Waals surface area contributed by atoms with Crippen molar-refractivity contribution in [1.82, 2.24) is 9.88 Å². The third kappa shape index (κ3) is 4.00. The van der Waals surface area contributed by atoms with Gasteiger partial charge in [-0.05, 0) is 111 Å². The van der Waals surface area contributed by atoms with E-state index in [0.717, 1.165) is 49.5 Å². The van der Waals surface area contributed by atoms with Crippen molar-refractivity contribution >= 4 is 22.4 Å². The maximum atomic E-state index is 13.4. The summed E-state index contributed by atoms with van der Waals surface area (Å²) in [5.74, 6) is 1.44. The molecule has 5 nitrogen and oxygen atoms in total. The van der Waals surface area contributed by atoms with Gasteiger partial charge < -0.3 is 15.2 Å². The van der Waals surface area contributed by atoms with Crippen molar-refractivity contribution in [2.45, 2.75) is 78.2 Å². The van der Waals surface area contributed by atoms with E-state index in [4.69, 9.17) is 0 Å². The van der Waals surface area contributed by atoms with E-state index in [1.165, 1.54) is 38.5 Å². The number of nitrogens with zero attached hydrogens (tertiary/aromatic N) is 1. The van der Waals surface area contributed by atoms with E-state index in [1.807, 2.05) is 35.0 Å². The Labute approximate surface area is 202 Å². The second-order valence-electron chi connectivity index (χ2n) is 13.1. The lowest BCUT2D eigenvalue weighted by molar-refractivity contribution is -0.153. The molecule has 1 aliphatic heterocycles. The Morgan fingerprint density at radius 2 is 1.76 bits per heavy atom. The van der Waals surface area contributed by atoms with Crippen molar-refractivity contribution in [2.75, 3.05) is 18.4 Å². The van der Waals surface area contributed by atoms with Crippen molar-refractivity contribution in [2.24, 2.45) is 28.1 Å². The second kappa shape index (κ2) is 7.94. The number of hydrogen-bond donors (Lipinski definition) is 2. The van der Waals surface area contributed by atoms with Gasteiger partial charge in [0, 0.05) is 35.6 Å². The Hall–Kier alpha value is -2.14. The van der Waals surface area contributed by atoms with Gasteiger partial charge in [-0.25, -0.2) is 0 Å². The van der Waals surface area contributed by atoms with Gasteiger partial charge >= 0.3 is 0 Å². The summed E-state index contributed by atoms with van der Waals surface area (Å²) >= 11 is 0. The Morgan fingerprint density at radius 1 is 1.03 bits per heavy atom. The molecule has 2 N–H and O–H groups in total. The summed E-state index contributed by atoms with van der Waals surface area (Å²) in [6.07, 6.45) is 12.4. The highest BCUT2D eigenvalue weighted by molar-refractivity contribution is 6.02. The molecule has 4 bridgehead atoms. The predicted octanol–water partition coefficient (Wildman–Crippen LogP) is 5.33. The molecule has 2 aromatic rings. The molecule has 4 saturated carbocycles. The molecule has 5 aliphatic rings. The number of carbonyl (C=O) groups is 1. The number of pyridine rings is 1. The van der Waals surface area contributed by atoms with Crippen LogP contribution in [-0.4, -0.2) is 23.6 Å². The molecule has 34 heavy (non-hydrogen) atoms. The Morgan fingerprint density at radius 3 is 2.47 bits per heavy atom. The summed E-state index contributed by atoms with van der Waals surface area (Å²) < 4.78 is 1.86. The van der Waals surface area contributed by atoms with Crippen molar-refractivity contribution in [3.05, 3.63) is 40.8 Å². The molecule has 4 aliphatic carbocycles. The van der Waals surface area contributed by atoms with Gasteiger partial charge in [0.1, 0.15) is 0 Å². The fourth-order valence-electron chi connectivity index (χ4n) is 9.33. The lowest BCUT2D eigenvalue weighted by Crippen LogP contribution is -2.55. The zero-order chi connectivity index (χ0) is 23.6. The average molecular weight is 462 g/mol. The SMILES string of the molecule is CC12CC3CC(C)(C1)CC(CC(=O)Nc1cccc4c(=O)n(CC5CCNCC5)ccc14)(C3)C2. The van der Waals surface area contributed by atoms with E-state index in [0.29, 0.717) is 28.6 Å². The van der Waals surface area contributed by atoms with E-state index < -0.39 is 0 Å². The summed E-state index contributed by atoms with van der Waals surface area (Å²) in [6, 6.07) is 7.76. The summed E-state index contributed by atoms with van der Waals surface area (Å²) in [7, 11) is 0. The first kappa shape index (κ1) is 22.3. The number of benzene rings is 1. The number of rotatable bonds is 5. The number of piperidine rings is 1. The first-order chi connectivity index (χ1) is 16.2. The first-order valence-corrected chi connectivity index (χ1v) is 13.4. The molecule has 182 valence electrons. The topological polar surface area (TPSA) is 63.1 Å². The summed E-state index contributed by atoms with van der Waals surface area (Å²) in [4.78, 5) is 26.6. The minimum atomic E-state index is 0.0501. The van der Waals surface area contributed by atoms with E-state index in [9.17, 15) is 9.59 Å². The van der Waals surface area contributed by atoms with Gasteiger partial charge in [0.25, 0.3) is 5.56 Å². The molecule has 0 spiro atoms. The quantitative estimate of drug-likeness (QED) is 0.633. The van der Waals surface area contributed by atoms with Gasteiger partial charge in [-0.3, -0.25) is 9.59 Å². The number of hydrogen-bond acceptors (Lipinski definition) is 3. The van der Waals surface area contributed by atoms with Crippen LogP contribution in [0.15, 0.2) is 35.3 Å². The number of anilines is 1. The fraction of sp³-hybridized carbons (Fsp3) is 0.655. The predicted molar refractivity (Wildman–Crippen MR) is 137 cm³/mol. The third-order valence-electron chi connectivity index (χ3n) is 9.48. The molecule has 1 aromatic heterocycles. The highest BCUT2D eigenvalue weighted by Gasteiger charge is 2.60. The van der Waals surface area contributed by atoms with Crippen LogP contribution in [0.25, 0.3) is 10.8 Å². The highest BCUT2D eigenvalue weighted by atomic mass is 16.1. The summed E-state index contributed by atoms with van der Waals surface area (Å²) in [5, 5.41) is 8.16. The molecule has 1 saturated heterocycles. The molecule has 2 unspecified atom stereocenters. The van der Waals surface area contributed by atoms with Crippen molar-refractivity contribution in [1.29, 1.82) is 0 Å².